The van der Waals surface area contributed by atoms with E-state index in [9.17, 15) is 9.59 Å². The normalized spacial score (nSPS) is 24.2. The smallest absolute Gasteiger partial charge is 0.225 e. The molecule has 7 nitrogen and oxygen atoms in total. The molecule has 3 fully saturated rings. The molecule has 2 saturated heterocycles. The largest absolute Gasteiger partial charge is 0.490 e. The number of rotatable bonds is 8. The number of amides is 2. The van der Waals surface area contributed by atoms with Crippen molar-refractivity contribution in [3.05, 3.63) is 28.3 Å². The number of carbonyl (C=O) groups excluding carboxylic acids is 2. The van der Waals surface area contributed by atoms with Gasteiger partial charge in [0.25, 0.3) is 0 Å². The summed E-state index contributed by atoms with van der Waals surface area (Å²) in [5.74, 6) is 1.59. The van der Waals surface area contributed by atoms with E-state index in [1.54, 1.807) is 6.92 Å². The summed E-state index contributed by atoms with van der Waals surface area (Å²) in [5.41, 5.74) is 1.27. The average Bonchev–Trinajstić information content (AvgIpc) is 3.34. The number of hydrogen-bond acceptors (Lipinski definition) is 5. The van der Waals surface area contributed by atoms with Crippen molar-refractivity contribution in [2.24, 2.45) is 5.92 Å². The zero-order valence-electron chi connectivity index (χ0n) is 22.1. The van der Waals surface area contributed by atoms with Gasteiger partial charge in [0.2, 0.25) is 11.8 Å². The highest BCUT2D eigenvalue weighted by Crippen LogP contribution is 2.31. The van der Waals surface area contributed by atoms with E-state index < -0.39 is 5.60 Å². The van der Waals surface area contributed by atoms with Crippen LogP contribution >= 0.6 is 11.6 Å². The van der Waals surface area contributed by atoms with Gasteiger partial charge in [0.05, 0.1) is 13.0 Å². The van der Waals surface area contributed by atoms with E-state index >= 15 is 0 Å². The van der Waals surface area contributed by atoms with Gasteiger partial charge in [0.15, 0.2) is 0 Å². The number of benzene rings is 1. The van der Waals surface area contributed by atoms with E-state index in [1.165, 1.54) is 25.7 Å². The first kappa shape index (κ1) is 27.2. The molecule has 2 heterocycles. The number of piperidine rings is 1. The van der Waals surface area contributed by atoms with Gasteiger partial charge in [0.1, 0.15) is 18.0 Å². The first-order chi connectivity index (χ1) is 17.2. The van der Waals surface area contributed by atoms with Crippen LogP contribution in [0.5, 0.6) is 5.75 Å². The van der Waals surface area contributed by atoms with Crippen LogP contribution in [0, 0.1) is 19.8 Å². The van der Waals surface area contributed by atoms with E-state index in [2.05, 4.69) is 10.2 Å². The summed E-state index contributed by atoms with van der Waals surface area (Å²) in [7, 11) is 0. The van der Waals surface area contributed by atoms with Gasteiger partial charge in [-0.3, -0.25) is 14.5 Å². The summed E-state index contributed by atoms with van der Waals surface area (Å²) < 4.78 is 12.7. The Morgan fingerprint density at radius 1 is 1.11 bits per heavy atom. The highest BCUT2D eigenvalue weighted by molar-refractivity contribution is 6.32. The number of nitrogens with one attached hydrogen (secondary N) is 1. The Hall–Kier alpha value is -1.83. The zero-order valence-corrected chi connectivity index (χ0v) is 22.9. The molecule has 1 aliphatic carbocycles. The number of carbonyl (C=O) groups is 2. The molecule has 1 saturated carbocycles. The van der Waals surface area contributed by atoms with Gasteiger partial charge < -0.3 is 19.7 Å². The van der Waals surface area contributed by atoms with Crippen molar-refractivity contribution in [1.82, 2.24) is 15.1 Å². The molecule has 0 bridgehead atoms. The number of nitrogens with zero attached hydrogens (tertiary/aromatic N) is 2. The van der Waals surface area contributed by atoms with Gasteiger partial charge in [-0.15, -0.1) is 0 Å². The summed E-state index contributed by atoms with van der Waals surface area (Å²) in [4.78, 5) is 29.3. The van der Waals surface area contributed by atoms with Crippen LogP contribution in [0.3, 0.4) is 0 Å². The Kier molecular flexibility index (Phi) is 9.18. The lowest BCUT2D eigenvalue weighted by Crippen LogP contribution is -2.58. The number of hydrogen-bond donors (Lipinski definition) is 1. The van der Waals surface area contributed by atoms with Crippen molar-refractivity contribution >= 4 is 23.4 Å². The first-order valence-electron chi connectivity index (χ1n) is 13.5. The first-order valence-corrected chi connectivity index (χ1v) is 13.9. The monoisotopic (exact) mass is 519 g/mol. The maximum Gasteiger partial charge on any atom is 0.225 e. The fourth-order valence-corrected chi connectivity index (χ4v) is 6.14. The van der Waals surface area contributed by atoms with E-state index in [0.717, 1.165) is 53.7 Å². The van der Waals surface area contributed by atoms with E-state index in [0.29, 0.717) is 39.3 Å². The third-order valence-corrected chi connectivity index (χ3v) is 8.56. The number of ether oxygens (including phenoxy) is 2. The Balaban J connectivity index is 1.44. The minimum atomic E-state index is -0.691. The second-order valence-corrected chi connectivity index (χ2v) is 11.5. The lowest BCUT2D eigenvalue weighted by molar-refractivity contribution is -0.157. The number of morpholine rings is 1. The highest BCUT2D eigenvalue weighted by atomic mass is 35.5. The van der Waals surface area contributed by atoms with Gasteiger partial charge in [-0.05, 0) is 68.7 Å². The second-order valence-electron chi connectivity index (χ2n) is 11.1. The predicted octanol–water partition coefficient (Wildman–Crippen LogP) is 4.11. The third kappa shape index (κ3) is 7.14. The number of aryl methyl sites for hydroxylation is 2. The van der Waals surface area contributed by atoms with Crippen LogP contribution in [0.1, 0.15) is 63.0 Å². The van der Waals surface area contributed by atoms with Crippen LogP contribution < -0.4 is 10.1 Å². The van der Waals surface area contributed by atoms with Crippen LogP contribution in [-0.2, 0) is 14.3 Å². The van der Waals surface area contributed by atoms with Gasteiger partial charge in [0, 0.05) is 50.7 Å². The van der Waals surface area contributed by atoms with E-state index in [4.69, 9.17) is 21.1 Å². The van der Waals surface area contributed by atoms with Crippen molar-refractivity contribution in [2.75, 3.05) is 45.9 Å². The lowest BCUT2D eigenvalue weighted by atomic mass is 9.94. The van der Waals surface area contributed by atoms with Crippen molar-refractivity contribution in [2.45, 2.75) is 77.4 Å². The summed E-state index contributed by atoms with van der Waals surface area (Å²) in [6.45, 7) is 10.4. The number of likely N-dealkylation sites (tertiary alicyclic amines) is 1. The maximum atomic E-state index is 13.5. The third-order valence-electron chi connectivity index (χ3n) is 7.96. The molecule has 0 radical (unpaired) electrons. The molecule has 200 valence electrons. The maximum absolute atomic E-state index is 13.5. The van der Waals surface area contributed by atoms with Crippen molar-refractivity contribution in [3.8, 4) is 5.75 Å². The van der Waals surface area contributed by atoms with Crippen LogP contribution in [0.2, 0.25) is 5.02 Å². The van der Waals surface area contributed by atoms with Gasteiger partial charge >= 0.3 is 0 Å². The van der Waals surface area contributed by atoms with Gasteiger partial charge in [-0.1, -0.05) is 24.4 Å². The molecule has 8 heteroatoms. The Morgan fingerprint density at radius 3 is 2.42 bits per heavy atom. The fourth-order valence-electron chi connectivity index (χ4n) is 6.04. The van der Waals surface area contributed by atoms with E-state index in [-0.39, 0.29) is 17.9 Å². The minimum Gasteiger partial charge on any atom is -0.490 e. The molecule has 3 aliphatic rings. The molecule has 2 aliphatic heterocycles. The predicted molar refractivity (Wildman–Crippen MR) is 142 cm³/mol. The molecular weight excluding hydrogens is 478 g/mol. The average molecular weight is 520 g/mol. The molecular formula is C28H42ClN3O4. The van der Waals surface area contributed by atoms with Crippen molar-refractivity contribution < 1.29 is 19.1 Å². The van der Waals surface area contributed by atoms with Crippen LogP contribution in [0.4, 0.5) is 0 Å². The Morgan fingerprint density at radius 2 is 1.78 bits per heavy atom. The Labute approximate surface area is 220 Å². The fraction of sp³-hybridized carbons (Fsp3) is 0.714. The van der Waals surface area contributed by atoms with Gasteiger partial charge in [-0.25, -0.2) is 0 Å². The van der Waals surface area contributed by atoms with E-state index in [1.807, 2.05) is 30.9 Å². The van der Waals surface area contributed by atoms with Crippen LogP contribution in [-0.4, -0.2) is 79.2 Å². The standard InChI is InChI=1S/C28H42ClN3O4/c1-20-14-25(15-21(2)27(20)29)35-19-28(18-31(12-13-36-28)17-23-6-4-5-7-23)16-26(34)32-10-8-24(9-11-32)30-22(3)33/h14-15,23-24H,4-13,16-19H2,1-3H3,(H,30,33)/t28-/m1/s1. The van der Waals surface area contributed by atoms with Crippen LogP contribution in [0.25, 0.3) is 0 Å². The topological polar surface area (TPSA) is 71.1 Å². The van der Waals surface area contributed by atoms with Gasteiger partial charge in [-0.2, -0.15) is 0 Å². The summed E-state index contributed by atoms with van der Waals surface area (Å²) in [5, 5.41) is 3.74. The summed E-state index contributed by atoms with van der Waals surface area (Å²) in [6.07, 6.45) is 7.11. The number of halogens is 1. The zero-order chi connectivity index (χ0) is 25.7. The molecule has 1 atom stereocenters. The molecule has 0 unspecified atom stereocenters. The highest BCUT2D eigenvalue weighted by Gasteiger charge is 2.42. The lowest BCUT2D eigenvalue weighted by Gasteiger charge is -2.44. The SMILES string of the molecule is CC(=O)NC1CCN(C(=O)C[C@]2(COc3cc(C)c(Cl)c(C)c3)CN(CC3CCCC3)CCO2)CC1. The van der Waals surface area contributed by atoms with Crippen molar-refractivity contribution in [3.63, 3.8) is 0 Å². The second kappa shape index (κ2) is 12.1. The molecule has 1 aromatic rings. The molecule has 1 aromatic carbocycles. The minimum absolute atomic E-state index is 0.0125. The molecule has 2 amide bonds. The molecule has 0 spiro atoms. The summed E-state index contributed by atoms with van der Waals surface area (Å²) >= 11 is 6.36. The Bertz CT molecular complexity index is 904. The molecule has 4 rings (SSSR count). The van der Waals surface area contributed by atoms with Crippen molar-refractivity contribution in [1.29, 1.82) is 0 Å². The molecule has 0 aromatic heterocycles. The van der Waals surface area contributed by atoms with Crippen LogP contribution in [0.15, 0.2) is 12.1 Å². The summed E-state index contributed by atoms with van der Waals surface area (Å²) in [6, 6.07) is 4.06. The molecule has 1 N–H and O–H groups in total. The quantitative estimate of drug-likeness (QED) is 0.559. The molecule has 36 heavy (non-hydrogen) atoms.